The molecule has 0 aromatic heterocycles. The first-order valence-electron chi connectivity index (χ1n) is 10.9. The summed E-state index contributed by atoms with van der Waals surface area (Å²) in [7, 11) is 0. The molecule has 0 heteroatoms. The van der Waals surface area contributed by atoms with Crippen molar-refractivity contribution >= 4 is 0 Å². The Morgan fingerprint density at radius 2 is 1.36 bits per heavy atom. The van der Waals surface area contributed by atoms with Gasteiger partial charge in [0.2, 0.25) is 0 Å². The molecule has 12 aliphatic carbocycles. The molecule has 0 radical (unpaired) electrons. The molecule has 12 fully saturated rings. The summed E-state index contributed by atoms with van der Waals surface area (Å²) in [6, 6.07) is 0. The third kappa shape index (κ3) is 0.493. The Balaban J connectivity index is 1.25. The second-order valence-corrected chi connectivity index (χ2v) is 11.9. The zero-order valence-electron chi connectivity index (χ0n) is 13.5. The molecule has 16 atom stereocenters. The van der Waals surface area contributed by atoms with Crippen LogP contribution in [0.25, 0.3) is 0 Å². The van der Waals surface area contributed by atoms with Gasteiger partial charge in [0, 0.05) is 0 Å². The highest BCUT2D eigenvalue weighted by Gasteiger charge is 3.14. The van der Waals surface area contributed by atoms with E-state index in [1.807, 2.05) is 0 Å². The molecule has 12 rings (SSSR count). The van der Waals surface area contributed by atoms with Crippen LogP contribution in [0.2, 0.25) is 0 Å². The minimum Gasteiger partial charge on any atom is -0.0654 e. The lowest BCUT2D eigenvalue weighted by Gasteiger charge is -2.36. The fourth-order valence-corrected chi connectivity index (χ4v) is 14.4. The van der Waals surface area contributed by atoms with Crippen LogP contribution in [0.3, 0.4) is 0 Å². The first-order valence-corrected chi connectivity index (χ1v) is 10.9. The molecule has 0 saturated heterocycles. The Kier molecular flexibility index (Phi) is 1.00. The van der Waals surface area contributed by atoms with Gasteiger partial charge >= 0.3 is 0 Å². The van der Waals surface area contributed by atoms with Crippen LogP contribution in [-0.2, 0) is 0 Å². The summed E-state index contributed by atoms with van der Waals surface area (Å²) < 4.78 is 0. The second kappa shape index (κ2) is 2.19. The van der Waals surface area contributed by atoms with Crippen molar-refractivity contribution in [3.05, 3.63) is 0 Å². The normalized spacial score (nSPS) is 94.0. The van der Waals surface area contributed by atoms with E-state index in [1.54, 1.807) is 25.7 Å². The van der Waals surface area contributed by atoms with E-state index in [4.69, 9.17) is 0 Å². The van der Waals surface area contributed by atoms with E-state index in [0.717, 1.165) is 16.2 Å². The zero-order valence-corrected chi connectivity index (χ0v) is 13.5. The summed E-state index contributed by atoms with van der Waals surface area (Å²) in [6.45, 7) is 2.45. The van der Waals surface area contributed by atoms with Crippen molar-refractivity contribution in [1.82, 2.24) is 0 Å². The van der Waals surface area contributed by atoms with E-state index in [-0.39, 0.29) is 0 Å². The van der Waals surface area contributed by atoms with Crippen molar-refractivity contribution < 1.29 is 0 Å². The monoisotopic (exact) mass is 290 g/mol. The highest BCUT2D eigenvalue weighted by Crippen LogP contribution is 3.17. The lowest BCUT2D eigenvalue weighted by atomic mass is 9.67. The summed E-state index contributed by atoms with van der Waals surface area (Å²) in [4.78, 5) is 0. The van der Waals surface area contributed by atoms with Gasteiger partial charge in [0.15, 0.2) is 0 Å². The van der Waals surface area contributed by atoms with E-state index in [2.05, 4.69) is 6.92 Å². The van der Waals surface area contributed by atoms with Crippen molar-refractivity contribution in [3.8, 4) is 0 Å². The Labute approximate surface area is 132 Å². The largest absolute Gasteiger partial charge is 0.0654 e. The number of rotatable bonds is 4. The lowest BCUT2D eigenvalue weighted by Crippen LogP contribution is -2.33. The van der Waals surface area contributed by atoms with E-state index in [1.165, 1.54) is 83.4 Å². The molecule has 0 amide bonds. The van der Waals surface area contributed by atoms with Crippen LogP contribution in [0.4, 0.5) is 0 Å². The van der Waals surface area contributed by atoms with E-state index >= 15 is 0 Å². The predicted molar refractivity (Wildman–Crippen MR) is 81.4 cm³/mol. The third-order valence-electron chi connectivity index (χ3n) is 13.1. The van der Waals surface area contributed by atoms with Gasteiger partial charge < -0.3 is 0 Å². The van der Waals surface area contributed by atoms with Gasteiger partial charge in [-0.25, -0.2) is 0 Å². The van der Waals surface area contributed by atoms with Crippen molar-refractivity contribution in [2.75, 3.05) is 0 Å². The molecule has 0 spiro atoms. The molecule has 0 aromatic carbocycles. The Morgan fingerprint density at radius 3 is 1.91 bits per heavy atom. The standard InChI is InChI=1S/C22H26/c1-2-3-4-20-13-9-6-10(14(13)20)18-17(9)22(18,20)21-15-7-5-8(16(15)21)12-11(7)19(12)21/h7-19H,2-6H2,1H3/t7-,8+,9-,10+,11+,12-,13+,14-,15-,16-,17-,18-,19?,20?,21?,22?/m0/s1. The van der Waals surface area contributed by atoms with Crippen LogP contribution in [0.15, 0.2) is 0 Å². The van der Waals surface area contributed by atoms with Gasteiger partial charge in [-0.15, -0.1) is 0 Å². The van der Waals surface area contributed by atoms with Gasteiger partial charge in [0.25, 0.3) is 0 Å². The molecule has 0 aromatic rings. The minimum atomic E-state index is 0.984. The molecule has 22 heavy (non-hydrogen) atoms. The summed E-state index contributed by atoms with van der Waals surface area (Å²) in [5.74, 6) is 16.9. The summed E-state index contributed by atoms with van der Waals surface area (Å²) >= 11 is 0. The number of hydrogen-bond acceptors (Lipinski definition) is 0. The fraction of sp³-hybridized carbons (Fsp3) is 1.00. The summed E-state index contributed by atoms with van der Waals surface area (Å²) in [6.07, 6.45) is 8.16. The Bertz CT molecular complexity index is 683. The van der Waals surface area contributed by atoms with Crippen molar-refractivity contribution in [3.63, 3.8) is 0 Å². The number of unbranched alkanes of at least 4 members (excludes halogenated alkanes) is 1. The van der Waals surface area contributed by atoms with Gasteiger partial charge in [-0.2, -0.15) is 0 Å². The van der Waals surface area contributed by atoms with Gasteiger partial charge in [-0.3, -0.25) is 0 Å². The first-order chi connectivity index (χ1) is 10.9. The highest BCUT2D eigenvalue weighted by atomic mass is 15.2. The Hall–Kier alpha value is 0. The summed E-state index contributed by atoms with van der Waals surface area (Å²) in [5.41, 5.74) is 3.04. The Morgan fingerprint density at radius 1 is 0.727 bits per heavy atom. The second-order valence-electron chi connectivity index (χ2n) is 11.9. The molecular formula is C22H26. The smallest absolute Gasteiger partial charge is 0.0102 e. The van der Waals surface area contributed by atoms with E-state index < -0.39 is 0 Å². The predicted octanol–water partition coefficient (Wildman–Crippen LogP) is 4.06. The van der Waals surface area contributed by atoms with Crippen LogP contribution in [0, 0.1) is 93.2 Å². The SMILES string of the molecule is CCCCC12[C@@H]3[C@@H]4C[C@H]([C@@H]31)[C@H]1[C@H]4C12C12C3[C@@H]4[C@@H]5C[C@H]([C@H]34)[C@H]1[C@H]52. The van der Waals surface area contributed by atoms with Gasteiger partial charge in [0.1, 0.15) is 0 Å². The topological polar surface area (TPSA) is 0 Å². The number of hydrogen-bond donors (Lipinski definition) is 0. The molecule has 0 N–H and O–H groups in total. The maximum atomic E-state index is 2.45. The molecule has 114 valence electrons. The lowest BCUT2D eigenvalue weighted by molar-refractivity contribution is 0.100. The molecule has 0 nitrogen and oxygen atoms in total. The molecule has 0 aliphatic heterocycles. The quantitative estimate of drug-likeness (QED) is 0.732. The molecule has 4 bridgehead atoms. The van der Waals surface area contributed by atoms with Gasteiger partial charge in [0.05, 0.1) is 0 Å². The van der Waals surface area contributed by atoms with Gasteiger partial charge in [-0.1, -0.05) is 19.8 Å². The molecule has 4 unspecified atom stereocenters. The highest BCUT2D eigenvalue weighted by molar-refractivity contribution is 5.60. The average molecular weight is 290 g/mol. The van der Waals surface area contributed by atoms with Gasteiger partial charge in [-0.05, 0) is 112 Å². The maximum absolute atomic E-state index is 2.45. The van der Waals surface area contributed by atoms with Crippen LogP contribution < -0.4 is 0 Å². The fourth-order valence-electron chi connectivity index (χ4n) is 14.4. The summed E-state index contributed by atoms with van der Waals surface area (Å²) in [5, 5.41) is 0. The molecular weight excluding hydrogens is 264 g/mol. The van der Waals surface area contributed by atoms with E-state index in [0.29, 0.717) is 0 Å². The first kappa shape index (κ1) is 10.1. The van der Waals surface area contributed by atoms with Crippen LogP contribution >= 0.6 is 0 Å². The maximum Gasteiger partial charge on any atom is -0.0102 e. The molecule has 12 aliphatic rings. The van der Waals surface area contributed by atoms with Crippen molar-refractivity contribution in [2.45, 2.75) is 39.0 Å². The average Bonchev–Trinajstić information content (AvgIpc) is 3.45. The van der Waals surface area contributed by atoms with Crippen LogP contribution in [-0.4, -0.2) is 0 Å². The third-order valence-corrected chi connectivity index (χ3v) is 13.1. The van der Waals surface area contributed by atoms with Crippen molar-refractivity contribution in [2.24, 2.45) is 93.2 Å². The van der Waals surface area contributed by atoms with Crippen LogP contribution in [0.5, 0.6) is 0 Å². The molecule has 0 heterocycles. The van der Waals surface area contributed by atoms with E-state index in [9.17, 15) is 0 Å². The minimum absolute atomic E-state index is 0.984. The van der Waals surface area contributed by atoms with Crippen molar-refractivity contribution in [1.29, 1.82) is 0 Å². The van der Waals surface area contributed by atoms with Crippen LogP contribution in [0.1, 0.15) is 39.0 Å². The molecule has 12 saturated carbocycles. The zero-order chi connectivity index (χ0) is 13.5.